The number of benzene rings is 2. The molecule has 0 heterocycles. The van der Waals surface area contributed by atoms with Crippen LogP contribution in [-0.4, -0.2) is 19.4 Å². The van der Waals surface area contributed by atoms with E-state index in [1.54, 1.807) is 30.3 Å². The van der Waals surface area contributed by atoms with Crippen molar-refractivity contribution in [3.05, 3.63) is 54.1 Å². The van der Waals surface area contributed by atoms with E-state index in [2.05, 4.69) is 4.72 Å². The number of rotatable bonds is 4. The third-order valence-electron chi connectivity index (χ3n) is 2.57. The molecule has 7 heteroatoms. The summed E-state index contributed by atoms with van der Waals surface area (Å²) in [7, 11) is -3.85. The number of amides is 1. The molecule has 0 bridgehead atoms. The molecule has 20 heavy (non-hydrogen) atoms. The van der Waals surface area contributed by atoms with Gasteiger partial charge in [0.05, 0.1) is 10.5 Å². The molecule has 0 saturated carbocycles. The van der Waals surface area contributed by atoms with Crippen LogP contribution in [0.15, 0.2) is 53.4 Å². The Morgan fingerprint density at radius 2 is 1.75 bits per heavy atom. The first-order valence-corrected chi connectivity index (χ1v) is 7.09. The predicted molar refractivity (Wildman–Crippen MR) is 73.9 cm³/mol. The summed E-state index contributed by atoms with van der Waals surface area (Å²) in [6.07, 6.45) is 0. The summed E-state index contributed by atoms with van der Waals surface area (Å²) in [5.74, 6) is -1.27. The van der Waals surface area contributed by atoms with Crippen molar-refractivity contribution in [1.29, 1.82) is 0 Å². The fraction of sp³-hybridized carbons (Fsp3) is 0. The Balaban J connectivity index is 2.40. The highest BCUT2D eigenvalue weighted by Crippen LogP contribution is 2.22. The number of aromatic hydroxyl groups is 1. The zero-order valence-electron chi connectivity index (χ0n) is 10.3. The first kappa shape index (κ1) is 13.9. The first-order valence-electron chi connectivity index (χ1n) is 5.61. The van der Waals surface area contributed by atoms with Gasteiger partial charge in [0.15, 0.2) is 0 Å². The number of hydrogen-bond acceptors (Lipinski definition) is 4. The second-order valence-electron chi connectivity index (χ2n) is 4.01. The fourth-order valence-electron chi connectivity index (χ4n) is 1.60. The van der Waals surface area contributed by atoms with Crippen LogP contribution in [0.25, 0.3) is 0 Å². The molecule has 0 radical (unpaired) electrons. The maximum Gasteiger partial charge on any atom is 0.261 e. The molecule has 1 amide bonds. The molecule has 0 aliphatic carbocycles. The monoisotopic (exact) mass is 292 g/mol. The van der Waals surface area contributed by atoms with E-state index in [1.165, 1.54) is 6.07 Å². The van der Waals surface area contributed by atoms with Crippen molar-refractivity contribution in [2.24, 2.45) is 5.73 Å². The Morgan fingerprint density at radius 3 is 2.35 bits per heavy atom. The van der Waals surface area contributed by atoms with Gasteiger partial charge in [0, 0.05) is 5.69 Å². The van der Waals surface area contributed by atoms with Gasteiger partial charge in [-0.2, -0.15) is 0 Å². The molecule has 2 aromatic rings. The zero-order valence-corrected chi connectivity index (χ0v) is 11.1. The Bertz CT molecular complexity index is 742. The van der Waals surface area contributed by atoms with Gasteiger partial charge in [0.25, 0.3) is 15.9 Å². The average Bonchev–Trinajstić information content (AvgIpc) is 2.39. The molecular weight excluding hydrogens is 280 g/mol. The van der Waals surface area contributed by atoms with Crippen molar-refractivity contribution in [2.75, 3.05) is 4.72 Å². The van der Waals surface area contributed by atoms with Gasteiger partial charge in [-0.1, -0.05) is 18.2 Å². The first-order chi connectivity index (χ1) is 9.40. The van der Waals surface area contributed by atoms with Gasteiger partial charge in [-0.05, 0) is 30.3 Å². The number of nitrogens with two attached hydrogens (primary N) is 1. The summed E-state index contributed by atoms with van der Waals surface area (Å²) in [6.45, 7) is 0. The SMILES string of the molecule is NC(=O)c1cc(S(=O)(=O)Nc2ccccc2)ccc1O. The smallest absolute Gasteiger partial charge is 0.261 e. The average molecular weight is 292 g/mol. The summed E-state index contributed by atoms with van der Waals surface area (Å²) in [4.78, 5) is 10.9. The van der Waals surface area contributed by atoms with Crippen LogP contribution in [-0.2, 0) is 10.0 Å². The van der Waals surface area contributed by atoms with E-state index in [0.717, 1.165) is 12.1 Å². The highest BCUT2D eigenvalue weighted by Gasteiger charge is 2.18. The van der Waals surface area contributed by atoms with Gasteiger partial charge in [-0.25, -0.2) is 8.42 Å². The maximum atomic E-state index is 12.1. The molecule has 104 valence electrons. The van der Waals surface area contributed by atoms with E-state index in [9.17, 15) is 18.3 Å². The number of carbonyl (C=O) groups is 1. The lowest BCUT2D eigenvalue weighted by Gasteiger charge is -2.09. The van der Waals surface area contributed by atoms with E-state index in [0.29, 0.717) is 5.69 Å². The van der Waals surface area contributed by atoms with Crippen molar-refractivity contribution < 1.29 is 18.3 Å². The Hall–Kier alpha value is -2.54. The highest BCUT2D eigenvalue weighted by molar-refractivity contribution is 7.92. The van der Waals surface area contributed by atoms with Crippen molar-refractivity contribution in [3.63, 3.8) is 0 Å². The van der Waals surface area contributed by atoms with Gasteiger partial charge in [0.1, 0.15) is 5.75 Å². The molecule has 0 unspecified atom stereocenters. The van der Waals surface area contributed by atoms with Crippen LogP contribution < -0.4 is 10.5 Å². The summed E-state index contributed by atoms with van der Waals surface area (Å²) in [5, 5.41) is 9.44. The minimum absolute atomic E-state index is 0.159. The van der Waals surface area contributed by atoms with Crippen molar-refractivity contribution in [2.45, 2.75) is 4.90 Å². The Labute approximate surface area is 115 Å². The number of primary amides is 1. The lowest BCUT2D eigenvalue weighted by molar-refractivity contribution is 0.0997. The van der Waals surface area contributed by atoms with Crippen molar-refractivity contribution >= 4 is 21.6 Å². The number of nitrogens with one attached hydrogen (secondary N) is 1. The Morgan fingerprint density at radius 1 is 1.10 bits per heavy atom. The molecule has 4 N–H and O–H groups in total. The largest absolute Gasteiger partial charge is 0.507 e. The number of hydrogen-bond donors (Lipinski definition) is 3. The van der Waals surface area contributed by atoms with Gasteiger partial charge in [-0.15, -0.1) is 0 Å². The second kappa shape index (κ2) is 5.22. The van der Waals surface area contributed by atoms with Crippen LogP contribution in [0.1, 0.15) is 10.4 Å². The molecule has 6 nitrogen and oxygen atoms in total. The van der Waals surface area contributed by atoms with Crippen LogP contribution in [0, 0.1) is 0 Å². The molecule has 0 aromatic heterocycles. The minimum Gasteiger partial charge on any atom is -0.507 e. The third kappa shape index (κ3) is 2.89. The summed E-state index contributed by atoms with van der Waals surface area (Å²) in [5.41, 5.74) is 5.21. The number of carbonyl (C=O) groups excluding carboxylic acids is 1. The van der Waals surface area contributed by atoms with Crippen LogP contribution in [0.4, 0.5) is 5.69 Å². The van der Waals surface area contributed by atoms with E-state index in [4.69, 9.17) is 5.73 Å². The van der Waals surface area contributed by atoms with Gasteiger partial charge < -0.3 is 10.8 Å². The molecular formula is C13H12N2O4S. The lowest BCUT2D eigenvalue weighted by atomic mass is 10.2. The topological polar surface area (TPSA) is 109 Å². The number of para-hydroxylation sites is 1. The standard InChI is InChI=1S/C13H12N2O4S/c14-13(17)11-8-10(6-7-12(11)16)20(18,19)15-9-4-2-1-3-5-9/h1-8,15-16H,(H2,14,17). The van der Waals surface area contributed by atoms with Gasteiger partial charge in [-0.3, -0.25) is 9.52 Å². The fourth-order valence-corrected chi connectivity index (χ4v) is 2.68. The molecule has 0 atom stereocenters. The van der Waals surface area contributed by atoms with Crippen LogP contribution in [0.5, 0.6) is 5.75 Å². The van der Waals surface area contributed by atoms with Gasteiger partial charge >= 0.3 is 0 Å². The number of sulfonamides is 1. The van der Waals surface area contributed by atoms with E-state index in [-0.39, 0.29) is 16.2 Å². The van der Waals surface area contributed by atoms with Crippen LogP contribution in [0.3, 0.4) is 0 Å². The molecule has 2 aromatic carbocycles. The maximum absolute atomic E-state index is 12.1. The molecule has 0 spiro atoms. The second-order valence-corrected chi connectivity index (χ2v) is 5.70. The predicted octanol–water partition coefficient (Wildman–Crippen LogP) is 1.29. The molecule has 0 fully saturated rings. The normalized spacial score (nSPS) is 11.0. The molecule has 0 saturated heterocycles. The summed E-state index contributed by atoms with van der Waals surface area (Å²) >= 11 is 0. The van der Waals surface area contributed by atoms with Crippen LogP contribution >= 0.6 is 0 Å². The molecule has 2 rings (SSSR count). The summed E-state index contributed by atoms with van der Waals surface area (Å²) in [6, 6.07) is 11.6. The quantitative estimate of drug-likeness (QED) is 0.788. The Kier molecular flexibility index (Phi) is 3.62. The third-order valence-corrected chi connectivity index (χ3v) is 3.95. The number of phenols is 1. The molecule has 0 aliphatic rings. The van der Waals surface area contributed by atoms with Gasteiger partial charge in [0.2, 0.25) is 0 Å². The summed E-state index contributed by atoms with van der Waals surface area (Å²) < 4.78 is 26.6. The van der Waals surface area contributed by atoms with Crippen molar-refractivity contribution in [3.8, 4) is 5.75 Å². The zero-order chi connectivity index (χ0) is 14.8. The van der Waals surface area contributed by atoms with E-state index < -0.39 is 15.9 Å². The van der Waals surface area contributed by atoms with E-state index >= 15 is 0 Å². The highest BCUT2D eigenvalue weighted by atomic mass is 32.2. The number of anilines is 1. The van der Waals surface area contributed by atoms with E-state index in [1.807, 2.05) is 0 Å². The minimum atomic E-state index is -3.85. The van der Waals surface area contributed by atoms with Crippen molar-refractivity contribution in [1.82, 2.24) is 0 Å². The van der Waals surface area contributed by atoms with Crippen LogP contribution in [0.2, 0.25) is 0 Å². The molecule has 0 aliphatic heterocycles. The lowest BCUT2D eigenvalue weighted by Crippen LogP contribution is -2.16.